The Balaban J connectivity index is 1.81. The van der Waals surface area contributed by atoms with Crippen LogP contribution in [0.5, 0.6) is 0 Å². The van der Waals surface area contributed by atoms with E-state index >= 15 is 0 Å². The molecule has 0 amide bonds. The molecule has 0 bridgehead atoms. The maximum atomic E-state index is 6.31. The molecule has 3 unspecified atom stereocenters. The van der Waals surface area contributed by atoms with Crippen LogP contribution < -0.4 is 5.73 Å². The largest absolute Gasteiger partial charge is 0.379 e. The minimum absolute atomic E-state index is 0.0469. The predicted molar refractivity (Wildman–Crippen MR) is 75.6 cm³/mol. The Morgan fingerprint density at radius 1 is 1.33 bits per heavy atom. The fourth-order valence-corrected chi connectivity index (χ4v) is 2.60. The molecule has 2 heteroatoms. The van der Waals surface area contributed by atoms with E-state index in [0.717, 1.165) is 12.8 Å². The van der Waals surface area contributed by atoms with E-state index in [-0.39, 0.29) is 5.60 Å². The minimum atomic E-state index is -0.0469. The molecule has 0 aromatic heterocycles. The summed E-state index contributed by atoms with van der Waals surface area (Å²) in [6.45, 7) is 4.25. The molecule has 1 fully saturated rings. The molecule has 1 aromatic carbocycles. The molecular formula is C16H25NO. The first kappa shape index (κ1) is 13.6. The number of methoxy groups -OCH3 is 1. The molecule has 0 radical (unpaired) electrons. The summed E-state index contributed by atoms with van der Waals surface area (Å²) < 4.78 is 5.44. The van der Waals surface area contributed by atoms with Crippen molar-refractivity contribution in [3.05, 3.63) is 35.9 Å². The van der Waals surface area contributed by atoms with Crippen LogP contribution in [-0.4, -0.2) is 18.8 Å². The van der Waals surface area contributed by atoms with Gasteiger partial charge >= 0.3 is 0 Å². The van der Waals surface area contributed by atoms with Crippen LogP contribution in [0.2, 0.25) is 0 Å². The maximum Gasteiger partial charge on any atom is 0.0623 e. The lowest BCUT2D eigenvalue weighted by Crippen LogP contribution is -2.29. The Kier molecular flexibility index (Phi) is 4.08. The van der Waals surface area contributed by atoms with Gasteiger partial charge in [0.05, 0.1) is 5.60 Å². The van der Waals surface area contributed by atoms with E-state index in [0.29, 0.717) is 17.9 Å². The highest BCUT2D eigenvalue weighted by molar-refractivity contribution is 5.26. The van der Waals surface area contributed by atoms with Crippen LogP contribution in [0.4, 0.5) is 0 Å². The monoisotopic (exact) mass is 247 g/mol. The Hall–Kier alpha value is -0.860. The normalized spacial score (nSPS) is 24.9. The van der Waals surface area contributed by atoms with Crippen LogP contribution in [0.1, 0.15) is 44.6 Å². The van der Waals surface area contributed by atoms with Crippen molar-refractivity contribution in [2.45, 2.75) is 50.7 Å². The zero-order valence-electron chi connectivity index (χ0n) is 11.7. The van der Waals surface area contributed by atoms with E-state index in [9.17, 15) is 0 Å². The van der Waals surface area contributed by atoms with Crippen LogP contribution in [0, 0.1) is 5.92 Å². The number of ether oxygens (including phenoxy) is 1. The summed E-state index contributed by atoms with van der Waals surface area (Å²) in [6.07, 6.45) is 3.33. The molecular weight excluding hydrogens is 222 g/mol. The third-order valence-electron chi connectivity index (χ3n) is 4.25. The lowest BCUT2D eigenvalue weighted by molar-refractivity contribution is 0.0121. The number of rotatable bonds is 6. The highest BCUT2D eigenvalue weighted by atomic mass is 16.5. The fraction of sp³-hybridized carbons (Fsp3) is 0.625. The zero-order chi connectivity index (χ0) is 13.2. The van der Waals surface area contributed by atoms with Gasteiger partial charge in [0.2, 0.25) is 0 Å². The topological polar surface area (TPSA) is 35.2 Å². The first-order chi connectivity index (χ1) is 8.53. The highest BCUT2D eigenvalue weighted by Gasteiger charge is 2.42. The van der Waals surface area contributed by atoms with Gasteiger partial charge in [-0.1, -0.05) is 30.3 Å². The van der Waals surface area contributed by atoms with E-state index in [2.05, 4.69) is 44.2 Å². The van der Waals surface area contributed by atoms with Crippen LogP contribution in [-0.2, 0) is 4.74 Å². The van der Waals surface area contributed by atoms with E-state index in [1.54, 1.807) is 7.11 Å². The summed E-state index contributed by atoms with van der Waals surface area (Å²) >= 11 is 0. The fourth-order valence-electron chi connectivity index (χ4n) is 2.60. The average molecular weight is 247 g/mol. The smallest absolute Gasteiger partial charge is 0.0623 e. The second-order valence-corrected chi connectivity index (χ2v) is 6.08. The summed E-state index contributed by atoms with van der Waals surface area (Å²) in [5.41, 5.74) is 7.71. The Bertz CT molecular complexity index is 374. The van der Waals surface area contributed by atoms with Crippen molar-refractivity contribution in [1.82, 2.24) is 0 Å². The number of hydrogen-bond acceptors (Lipinski definition) is 2. The third-order valence-corrected chi connectivity index (χ3v) is 4.25. The second kappa shape index (κ2) is 5.41. The molecule has 2 N–H and O–H groups in total. The third kappa shape index (κ3) is 3.33. The average Bonchev–Trinajstić information content (AvgIpc) is 3.17. The highest BCUT2D eigenvalue weighted by Crippen LogP contribution is 2.49. The molecule has 18 heavy (non-hydrogen) atoms. The molecule has 3 atom stereocenters. The van der Waals surface area contributed by atoms with Crippen molar-refractivity contribution in [3.63, 3.8) is 0 Å². The summed E-state index contributed by atoms with van der Waals surface area (Å²) in [5, 5.41) is 0. The van der Waals surface area contributed by atoms with Crippen LogP contribution in [0.15, 0.2) is 30.3 Å². The summed E-state index contributed by atoms with van der Waals surface area (Å²) in [6, 6.07) is 11.0. The molecule has 1 saturated carbocycles. The van der Waals surface area contributed by atoms with Gasteiger partial charge in [-0.2, -0.15) is 0 Å². The minimum Gasteiger partial charge on any atom is -0.379 e. The molecule has 0 spiro atoms. The van der Waals surface area contributed by atoms with Crippen LogP contribution in [0.3, 0.4) is 0 Å². The van der Waals surface area contributed by atoms with Gasteiger partial charge in [0, 0.05) is 13.2 Å². The predicted octanol–water partition coefficient (Wildman–Crippen LogP) is 3.32. The van der Waals surface area contributed by atoms with Gasteiger partial charge in [-0.15, -0.1) is 0 Å². The first-order valence-corrected chi connectivity index (χ1v) is 6.89. The molecule has 0 heterocycles. The first-order valence-electron chi connectivity index (χ1n) is 6.89. The van der Waals surface area contributed by atoms with Crippen LogP contribution in [0.25, 0.3) is 0 Å². The molecule has 2 rings (SSSR count). The molecule has 1 aromatic rings. The molecule has 1 aliphatic carbocycles. The van der Waals surface area contributed by atoms with Crippen molar-refractivity contribution in [3.8, 4) is 0 Å². The van der Waals surface area contributed by atoms with E-state index in [4.69, 9.17) is 10.5 Å². The molecule has 2 nitrogen and oxygen atoms in total. The second-order valence-electron chi connectivity index (χ2n) is 6.08. The number of hydrogen-bond donors (Lipinski definition) is 1. The Morgan fingerprint density at radius 3 is 2.61 bits per heavy atom. The standard InChI is InChI=1S/C16H25NO/c1-16(2,18-3)10-9-15(17)14-11-13(14)12-7-5-4-6-8-12/h4-8,13-15H,9-11,17H2,1-3H3. The van der Waals surface area contributed by atoms with Crippen LogP contribution >= 0.6 is 0 Å². The van der Waals surface area contributed by atoms with Crippen molar-refractivity contribution >= 4 is 0 Å². The van der Waals surface area contributed by atoms with Gasteiger partial charge < -0.3 is 10.5 Å². The van der Waals surface area contributed by atoms with Crippen molar-refractivity contribution in [1.29, 1.82) is 0 Å². The van der Waals surface area contributed by atoms with Crippen molar-refractivity contribution < 1.29 is 4.74 Å². The van der Waals surface area contributed by atoms with E-state index in [1.165, 1.54) is 12.0 Å². The summed E-state index contributed by atoms with van der Waals surface area (Å²) in [7, 11) is 1.77. The molecule has 100 valence electrons. The lowest BCUT2D eigenvalue weighted by Gasteiger charge is -2.24. The van der Waals surface area contributed by atoms with E-state index in [1.807, 2.05) is 0 Å². The van der Waals surface area contributed by atoms with Gasteiger partial charge in [0.1, 0.15) is 0 Å². The lowest BCUT2D eigenvalue weighted by atomic mass is 9.95. The zero-order valence-corrected chi connectivity index (χ0v) is 11.7. The van der Waals surface area contributed by atoms with Gasteiger partial charge in [0.25, 0.3) is 0 Å². The quantitative estimate of drug-likeness (QED) is 0.837. The van der Waals surface area contributed by atoms with Gasteiger partial charge in [-0.25, -0.2) is 0 Å². The molecule has 1 aliphatic rings. The Labute approximate surface area is 111 Å². The van der Waals surface area contributed by atoms with Gasteiger partial charge in [-0.3, -0.25) is 0 Å². The Morgan fingerprint density at radius 2 is 2.00 bits per heavy atom. The maximum absolute atomic E-state index is 6.31. The van der Waals surface area contributed by atoms with Gasteiger partial charge in [0.15, 0.2) is 0 Å². The van der Waals surface area contributed by atoms with Crippen molar-refractivity contribution in [2.24, 2.45) is 11.7 Å². The van der Waals surface area contributed by atoms with E-state index < -0.39 is 0 Å². The summed E-state index contributed by atoms with van der Waals surface area (Å²) in [5.74, 6) is 1.35. The molecule has 0 aliphatic heterocycles. The van der Waals surface area contributed by atoms with Crippen molar-refractivity contribution in [2.75, 3.05) is 7.11 Å². The molecule has 0 saturated heterocycles. The summed E-state index contributed by atoms with van der Waals surface area (Å²) in [4.78, 5) is 0. The number of benzene rings is 1. The SMILES string of the molecule is COC(C)(C)CCC(N)C1CC1c1ccccc1. The van der Waals surface area contributed by atoms with Gasteiger partial charge in [-0.05, 0) is 50.5 Å². The number of nitrogens with two attached hydrogens (primary N) is 1.